The lowest BCUT2D eigenvalue weighted by Gasteiger charge is -2.13. The van der Waals surface area contributed by atoms with Gasteiger partial charge in [-0.1, -0.05) is 66.7 Å². The van der Waals surface area contributed by atoms with E-state index in [9.17, 15) is 14.9 Å². The lowest BCUT2D eigenvalue weighted by Crippen LogP contribution is -2.09. The second-order valence-corrected chi connectivity index (χ2v) is 13.4. The van der Waals surface area contributed by atoms with Gasteiger partial charge in [-0.15, -0.1) is 10.2 Å². The summed E-state index contributed by atoms with van der Waals surface area (Å²) in [4.78, 5) is 46.7. The Morgan fingerprint density at radius 1 is 0.554 bits per heavy atom. The molecule has 0 saturated carbocycles. The minimum atomic E-state index is -0.384. The maximum Gasteiger partial charge on any atom is 0.208 e. The van der Waals surface area contributed by atoms with Gasteiger partial charge in [0.15, 0.2) is 5.43 Å². The molecule has 0 aliphatic heterocycles. The number of aromatic amines is 2. The van der Waals surface area contributed by atoms with Gasteiger partial charge in [0.2, 0.25) is 5.43 Å². The molecule has 0 amide bonds. The van der Waals surface area contributed by atoms with Crippen LogP contribution < -0.4 is 10.9 Å². The van der Waals surface area contributed by atoms with Crippen LogP contribution in [-0.2, 0) is 0 Å². The summed E-state index contributed by atoms with van der Waals surface area (Å²) in [6.07, 6.45) is 4.76. The van der Waals surface area contributed by atoms with Crippen LogP contribution in [0, 0.1) is 11.3 Å². The third-order valence-electron chi connectivity index (χ3n) is 10.0. The molecule has 0 bridgehead atoms. The average Bonchev–Trinajstić information content (AvgIpc) is 3.25. The smallest absolute Gasteiger partial charge is 0.208 e. The molecular formula is C46H26N8O2. The quantitative estimate of drug-likeness (QED) is 0.179. The van der Waals surface area contributed by atoms with Crippen molar-refractivity contribution in [1.29, 1.82) is 5.26 Å². The Morgan fingerprint density at radius 2 is 1.27 bits per heavy atom. The molecule has 4 aromatic carbocycles. The molecule has 0 fully saturated rings. The van der Waals surface area contributed by atoms with Crippen molar-refractivity contribution in [1.82, 2.24) is 35.1 Å². The number of pyridine rings is 5. The molecule has 0 radical (unpaired) electrons. The molecule has 0 atom stereocenters. The van der Waals surface area contributed by atoms with Crippen molar-refractivity contribution >= 4 is 43.9 Å². The highest BCUT2D eigenvalue weighted by Gasteiger charge is 2.18. The van der Waals surface area contributed by atoms with Crippen LogP contribution in [0.3, 0.4) is 0 Å². The number of hydrogen-bond donors (Lipinski definition) is 2. The van der Waals surface area contributed by atoms with Crippen molar-refractivity contribution in [2.24, 2.45) is 0 Å². The predicted molar refractivity (Wildman–Crippen MR) is 219 cm³/mol. The van der Waals surface area contributed by atoms with E-state index in [4.69, 9.17) is 9.97 Å². The molecule has 10 rings (SSSR count). The third-order valence-corrected chi connectivity index (χ3v) is 10.0. The van der Waals surface area contributed by atoms with Gasteiger partial charge in [-0.25, -0.2) is 9.97 Å². The number of fused-ring (bicyclic) bond motifs is 4. The highest BCUT2D eigenvalue weighted by molar-refractivity contribution is 5.96. The highest BCUT2D eigenvalue weighted by atomic mass is 16.1. The summed E-state index contributed by atoms with van der Waals surface area (Å²) in [5.41, 5.74) is 9.84. The first kappa shape index (κ1) is 32.5. The Labute approximate surface area is 317 Å². The molecule has 2 N–H and O–H groups in total. The Hall–Kier alpha value is -8.16. The zero-order valence-electron chi connectivity index (χ0n) is 29.4. The Kier molecular flexibility index (Phi) is 7.57. The molecule has 0 saturated heterocycles. The zero-order chi connectivity index (χ0) is 37.8. The lowest BCUT2D eigenvalue weighted by atomic mass is 9.95. The summed E-state index contributed by atoms with van der Waals surface area (Å²) in [6.45, 7) is 0. The van der Waals surface area contributed by atoms with Gasteiger partial charge in [0.05, 0.1) is 38.9 Å². The molecule has 10 aromatic rings. The number of nitrogens with zero attached hydrogens (tertiary/aromatic N) is 6. The van der Waals surface area contributed by atoms with E-state index < -0.39 is 0 Å². The summed E-state index contributed by atoms with van der Waals surface area (Å²) in [5, 5.41) is 21.4. The number of H-pyrrole nitrogens is 2. The highest BCUT2D eigenvalue weighted by Crippen LogP contribution is 2.37. The first-order valence-electron chi connectivity index (χ1n) is 17.8. The van der Waals surface area contributed by atoms with Gasteiger partial charge in [-0.3, -0.25) is 14.6 Å². The topological polar surface area (TPSA) is 154 Å². The number of hydrogen-bond acceptors (Lipinski definition) is 8. The number of rotatable bonds is 5. The fourth-order valence-corrected chi connectivity index (χ4v) is 7.23. The number of benzene rings is 4. The lowest BCUT2D eigenvalue weighted by molar-refractivity contribution is 1.08. The van der Waals surface area contributed by atoms with Crippen molar-refractivity contribution in [3.8, 4) is 62.1 Å². The summed E-state index contributed by atoms with van der Waals surface area (Å²) < 4.78 is 0. The van der Waals surface area contributed by atoms with Crippen LogP contribution >= 0.6 is 0 Å². The van der Waals surface area contributed by atoms with Gasteiger partial charge in [0.1, 0.15) is 22.9 Å². The SMILES string of the molecule is N#Cc1c[nH]c2nc(-c3cccc(-c4cc5cc(-c6cc7c(=O)cc[nH]c7nc6-c6ccccc6)ccc5nn4)c3)c(-c3ccc4ncccc4c3)cc2c1=O. The molecule has 262 valence electrons. The minimum Gasteiger partial charge on any atom is -0.346 e. The Bertz CT molecular complexity index is 3390. The van der Waals surface area contributed by atoms with Gasteiger partial charge < -0.3 is 9.97 Å². The minimum absolute atomic E-state index is 0.0163. The fourth-order valence-electron chi connectivity index (χ4n) is 7.23. The van der Waals surface area contributed by atoms with E-state index >= 15 is 0 Å². The van der Waals surface area contributed by atoms with E-state index in [2.05, 4.69) is 25.1 Å². The van der Waals surface area contributed by atoms with Crippen molar-refractivity contribution in [3.05, 3.63) is 172 Å². The number of nitriles is 1. The van der Waals surface area contributed by atoms with E-state index in [1.807, 2.05) is 121 Å². The van der Waals surface area contributed by atoms with Crippen LogP contribution in [0.2, 0.25) is 0 Å². The summed E-state index contributed by atoms with van der Waals surface area (Å²) in [6, 6.07) is 42.7. The van der Waals surface area contributed by atoms with Crippen molar-refractivity contribution in [3.63, 3.8) is 0 Å². The number of nitrogens with one attached hydrogen (secondary N) is 2. The van der Waals surface area contributed by atoms with E-state index in [0.29, 0.717) is 39.0 Å². The molecule has 56 heavy (non-hydrogen) atoms. The molecule has 10 nitrogen and oxygen atoms in total. The molecular weight excluding hydrogens is 697 g/mol. The second kappa shape index (κ2) is 13.1. The summed E-state index contributed by atoms with van der Waals surface area (Å²) in [7, 11) is 0. The largest absolute Gasteiger partial charge is 0.346 e. The van der Waals surface area contributed by atoms with Gasteiger partial charge >= 0.3 is 0 Å². The van der Waals surface area contributed by atoms with Crippen LogP contribution in [0.25, 0.3) is 99.9 Å². The first-order chi connectivity index (χ1) is 27.5. The molecule has 6 heterocycles. The maximum absolute atomic E-state index is 13.3. The standard InChI is InChI=1S/C46H26N8O2/c47-24-33-25-50-46-37(44(33)56)23-35(27-11-13-38-29(18-27)10-5-16-48-38)43(52-46)31-9-4-8-30(20-31)40-21-32-19-28(12-14-39(32)53-54-40)34-22-36-41(55)15-17-49-45(36)51-42(34)26-6-2-1-3-7-26/h1-23,25H,(H,49,51,55)(H,50,52,56). The molecule has 0 aliphatic rings. The van der Waals surface area contributed by atoms with Crippen molar-refractivity contribution in [2.45, 2.75) is 0 Å². The monoisotopic (exact) mass is 722 g/mol. The number of aromatic nitrogens is 7. The van der Waals surface area contributed by atoms with Crippen molar-refractivity contribution < 1.29 is 0 Å². The summed E-state index contributed by atoms with van der Waals surface area (Å²) >= 11 is 0. The molecule has 0 spiro atoms. The van der Waals surface area contributed by atoms with E-state index in [1.165, 1.54) is 12.3 Å². The van der Waals surface area contributed by atoms with Crippen LogP contribution in [0.4, 0.5) is 0 Å². The van der Waals surface area contributed by atoms with Crippen LogP contribution in [-0.4, -0.2) is 35.1 Å². The third kappa shape index (κ3) is 5.55. The van der Waals surface area contributed by atoms with Crippen LogP contribution in [0.5, 0.6) is 0 Å². The van der Waals surface area contributed by atoms with E-state index in [1.54, 1.807) is 18.5 Å². The van der Waals surface area contributed by atoms with Gasteiger partial charge in [0.25, 0.3) is 0 Å². The van der Waals surface area contributed by atoms with E-state index in [-0.39, 0.29) is 16.4 Å². The Balaban J connectivity index is 1.11. The van der Waals surface area contributed by atoms with Crippen LogP contribution in [0.1, 0.15) is 5.56 Å². The second-order valence-electron chi connectivity index (χ2n) is 13.4. The summed E-state index contributed by atoms with van der Waals surface area (Å²) in [5.74, 6) is 0. The van der Waals surface area contributed by atoms with Crippen molar-refractivity contribution in [2.75, 3.05) is 0 Å². The van der Waals surface area contributed by atoms with E-state index in [0.717, 1.165) is 60.9 Å². The molecule has 10 heteroatoms. The zero-order valence-corrected chi connectivity index (χ0v) is 29.4. The normalized spacial score (nSPS) is 11.3. The molecule has 0 aliphatic carbocycles. The average molecular weight is 723 g/mol. The Morgan fingerprint density at radius 3 is 2.09 bits per heavy atom. The van der Waals surface area contributed by atoms with Gasteiger partial charge in [-0.05, 0) is 65.7 Å². The van der Waals surface area contributed by atoms with Gasteiger partial charge in [0, 0.05) is 63.2 Å². The first-order valence-corrected chi connectivity index (χ1v) is 17.8. The van der Waals surface area contributed by atoms with Gasteiger partial charge in [-0.2, -0.15) is 5.26 Å². The molecule has 0 unspecified atom stereocenters. The van der Waals surface area contributed by atoms with Crippen LogP contribution in [0.15, 0.2) is 156 Å². The molecule has 6 aromatic heterocycles. The predicted octanol–water partition coefficient (Wildman–Crippen LogP) is 8.86. The maximum atomic E-state index is 13.3. The fraction of sp³-hybridized carbons (Fsp3) is 0.